The summed E-state index contributed by atoms with van der Waals surface area (Å²) in [5.41, 5.74) is 1.71. The van der Waals surface area contributed by atoms with Crippen molar-refractivity contribution < 1.29 is 14.3 Å². The molecule has 0 saturated heterocycles. The number of nitrogens with zero attached hydrogens (tertiary/aromatic N) is 1. The van der Waals surface area contributed by atoms with Gasteiger partial charge in [0.05, 0.1) is 19.9 Å². The molecule has 1 aromatic carbocycles. The van der Waals surface area contributed by atoms with Crippen LogP contribution in [0, 0.1) is 0 Å². The third-order valence-electron chi connectivity index (χ3n) is 2.81. The molecule has 0 saturated carbocycles. The zero-order valence-electron chi connectivity index (χ0n) is 10.8. The predicted octanol–water partition coefficient (Wildman–Crippen LogP) is 2.83. The molecular weight excluding hydrogens is 312 g/mol. The highest BCUT2D eigenvalue weighted by molar-refractivity contribution is 9.10. The second-order valence-electron chi connectivity index (χ2n) is 3.76. The molecule has 2 aromatic rings. The maximum Gasteiger partial charge on any atom is 0.341 e. The van der Waals surface area contributed by atoms with Crippen LogP contribution in [0.15, 0.2) is 22.8 Å². The average molecular weight is 325 g/mol. The summed E-state index contributed by atoms with van der Waals surface area (Å²) in [5, 5.41) is 3.80. The number of ether oxygens (including phenoxy) is 2. The molecule has 0 spiro atoms. The van der Waals surface area contributed by atoms with Crippen molar-refractivity contribution in [1.82, 2.24) is 4.98 Å². The Kier molecular flexibility index (Phi) is 3.90. The quantitative estimate of drug-likeness (QED) is 0.880. The molecule has 1 aromatic heterocycles. The SMILES string of the molecule is CNc1c(C(=O)OC)cnc2c(OC)ccc(Br)c12. The average Bonchev–Trinajstić information content (AvgIpc) is 2.45. The Balaban J connectivity index is 2.86. The van der Waals surface area contributed by atoms with E-state index in [4.69, 9.17) is 9.47 Å². The van der Waals surface area contributed by atoms with Crippen LogP contribution in [0.5, 0.6) is 5.75 Å². The third-order valence-corrected chi connectivity index (χ3v) is 3.47. The first kappa shape index (κ1) is 13.6. The number of methoxy groups -OCH3 is 2. The third kappa shape index (κ3) is 2.23. The highest BCUT2D eigenvalue weighted by Gasteiger charge is 2.18. The van der Waals surface area contributed by atoms with E-state index in [1.54, 1.807) is 14.2 Å². The van der Waals surface area contributed by atoms with Crippen LogP contribution in [0.1, 0.15) is 10.4 Å². The number of carbonyl (C=O) groups excluding carboxylic acids is 1. The first-order chi connectivity index (χ1) is 9.13. The molecule has 1 N–H and O–H groups in total. The fourth-order valence-electron chi connectivity index (χ4n) is 1.93. The van der Waals surface area contributed by atoms with E-state index in [9.17, 15) is 4.79 Å². The number of nitrogens with one attached hydrogen (secondary N) is 1. The lowest BCUT2D eigenvalue weighted by Crippen LogP contribution is -2.07. The van der Waals surface area contributed by atoms with E-state index in [0.29, 0.717) is 22.5 Å². The molecule has 0 bridgehead atoms. The van der Waals surface area contributed by atoms with Crippen LogP contribution in [0.25, 0.3) is 10.9 Å². The highest BCUT2D eigenvalue weighted by atomic mass is 79.9. The molecule has 0 aliphatic carbocycles. The van der Waals surface area contributed by atoms with E-state index in [1.807, 2.05) is 12.1 Å². The van der Waals surface area contributed by atoms with Crippen LogP contribution in [0.2, 0.25) is 0 Å². The van der Waals surface area contributed by atoms with Crippen LogP contribution in [0.4, 0.5) is 5.69 Å². The van der Waals surface area contributed by atoms with Crippen LogP contribution in [-0.4, -0.2) is 32.2 Å². The largest absolute Gasteiger partial charge is 0.494 e. The van der Waals surface area contributed by atoms with E-state index >= 15 is 0 Å². The maximum absolute atomic E-state index is 11.8. The summed E-state index contributed by atoms with van der Waals surface area (Å²) in [7, 11) is 4.66. The summed E-state index contributed by atoms with van der Waals surface area (Å²) >= 11 is 3.47. The smallest absolute Gasteiger partial charge is 0.341 e. The van der Waals surface area contributed by atoms with Gasteiger partial charge in [0, 0.05) is 23.1 Å². The van der Waals surface area contributed by atoms with Crippen molar-refractivity contribution in [2.24, 2.45) is 0 Å². The van der Waals surface area contributed by atoms with Crippen molar-refractivity contribution in [3.8, 4) is 5.75 Å². The lowest BCUT2D eigenvalue weighted by molar-refractivity contribution is 0.0601. The first-order valence-corrected chi connectivity index (χ1v) is 6.34. The molecule has 0 fully saturated rings. The number of rotatable bonds is 3. The molecule has 0 radical (unpaired) electrons. The van der Waals surface area contributed by atoms with E-state index in [0.717, 1.165) is 9.86 Å². The molecule has 100 valence electrons. The second kappa shape index (κ2) is 5.44. The minimum atomic E-state index is -0.437. The van der Waals surface area contributed by atoms with Crippen molar-refractivity contribution in [2.75, 3.05) is 26.6 Å². The maximum atomic E-state index is 11.8. The normalized spacial score (nSPS) is 10.3. The van der Waals surface area contributed by atoms with Gasteiger partial charge in [-0.05, 0) is 12.1 Å². The minimum Gasteiger partial charge on any atom is -0.494 e. The van der Waals surface area contributed by atoms with Gasteiger partial charge in [0.15, 0.2) is 0 Å². The first-order valence-electron chi connectivity index (χ1n) is 5.55. The molecule has 0 aliphatic rings. The van der Waals surface area contributed by atoms with Gasteiger partial charge in [0.2, 0.25) is 0 Å². The van der Waals surface area contributed by atoms with E-state index in [2.05, 4.69) is 26.2 Å². The van der Waals surface area contributed by atoms with Crippen molar-refractivity contribution >= 4 is 38.5 Å². The van der Waals surface area contributed by atoms with Gasteiger partial charge in [-0.1, -0.05) is 15.9 Å². The Bertz CT molecular complexity index is 643. The van der Waals surface area contributed by atoms with Crippen LogP contribution in [-0.2, 0) is 4.74 Å². The van der Waals surface area contributed by atoms with Crippen molar-refractivity contribution in [1.29, 1.82) is 0 Å². The number of benzene rings is 1. The Morgan fingerprint density at radius 2 is 2.11 bits per heavy atom. The molecule has 6 heteroatoms. The summed E-state index contributed by atoms with van der Waals surface area (Å²) < 4.78 is 10.9. The summed E-state index contributed by atoms with van der Waals surface area (Å²) in [4.78, 5) is 16.0. The highest BCUT2D eigenvalue weighted by Crippen LogP contribution is 2.36. The van der Waals surface area contributed by atoms with Crippen LogP contribution in [0.3, 0.4) is 0 Å². The number of esters is 1. The zero-order valence-corrected chi connectivity index (χ0v) is 12.4. The van der Waals surface area contributed by atoms with Crippen molar-refractivity contribution in [3.05, 3.63) is 28.4 Å². The number of hydrogen-bond acceptors (Lipinski definition) is 5. The topological polar surface area (TPSA) is 60.5 Å². The lowest BCUT2D eigenvalue weighted by Gasteiger charge is -2.13. The fourth-order valence-corrected chi connectivity index (χ4v) is 2.45. The van der Waals surface area contributed by atoms with Gasteiger partial charge in [0.1, 0.15) is 16.8 Å². The zero-order chi connectivity index (χ0) is 14.0. The Hall–Kier alpha value is -1.82. The second-order valence-corrected chi connectivity index (χ2v) is 4.62. The minimum absolute atomic E-state index is 0.381. The van der Waals surface area contributed by atoms with E-state index in [1.165, 1.54) is 13.3 Å². The molecule has 1 heterocycles. The van der Waals surface area contributed by atoms with Gasteiger partial charge in [-0.2, -0.15) is 0 Å². The number of fused-ring (bicyclic) bond motifs is 1. The summed E-state index contributed by atoms with van der Waals surface area (Å²) in [6, 6.07) is 3.67. The molecule has 19 heavy (non-hydrogen) atoms. The van der Waals surface area contributed by atoms with Gasteiger partial charge in [-0.3, -0.25) is 4.98 Å². The van der Waals surface area contributed by atoms with Crippen LogP contribution < -0.4 is 10.1 Å². The van der Waals surface area contributed by atoms with E-state index < -0.39 is 5.97 Å². The molecule has 0 aliphatic heterocycles. The predicted molar refractivity (Wildman–Crippen MR) is 76.9 cm³/mol. The monoisotopic (exact) mass is 324 g/mol. The van der Waals surface area contributed by atoms with Gasteiger partial charge in [-0.25, -0.2) is 4.79 Å². The number of carbonyl (C=O) groups is 1. The molecule has 0 atom stereocenters. The number of anilines is 1. The number of aromatic nitrogens is 1. The Labute approximate surface area is 119 Å². The summed E-state index contributed by atoms with van der Waals surface area (Å²) in [6.07, 6.45) is 1.48. The summed E-state index contributed by atoms with van der Waals surface area (Å²) in [6.45, 7) is 0. The Morgan fingerprint density at radius 1 is 1.37 bits per heavy atom. The number of pyridine rings is 1. The molecule has 2 rings (SSSR count). The van der Waals surface area contributed by atoms with Gasteiger partial charge < -0.3 is 14.8 Å². The molecule has 0 amide bonds. The van der Waals surface area contributed by atoms with Crippen molar-refractivity contribution in [3.63, 3.8) is 0 Å². The van der Waals surface area contributed by atoms with Gasteiger partial charge in [-0.15, -0.1) is 0 Å². The standard InChI is InChI=1S/C13H13BrN2O3/c1-15-11-7(13(17)19-3)6-16-12-9(18-2)5-4-8(14)10(11)12/h4-6H,1-3H3,(H,15,16). The van der Waals surface area contributed by atoms with Crippen molar-refractivity contribution in [2.45, 2.75) is 0 Å². The molecule has 0 unspecified atom stereocenters. The fraction of sp³-hybridized carbons (Fsp3) is 0.231. The summed E-state index contributed by atoms with van der Waals surface area (Å²) in [5.74, 6) is 0.208. The molecular formula is C13H13BrN2O3. The van der Waals surface area contributed by atoms with Gasteiger partial charge in [0.25, 0.3) is 0 Å². The lowest BCUT2D eigenvalue weighted by atomic mass is 10.1. The van der Waals surface area contributed by atoms with E-state index in [-0.39, 0.29) is 0 Å². The van der Waals surface area contributed by atoms with Crippen LogP contribution >= 0.6 is 15.9 Å². The number of halogens is 1. The Morgan fingerprint density at radius 3 is 2.68 bits per heavy atom. The van der Waals surface area contributed by atoms with Gasteiger partial charge >= 0.3 is 5.97 Å². The molecule has 5 nitrogen and oxygen atoms in total. The number of hydrogen-bond donors (Lipinski definition) is 1.